The lowest BCUT2D eigenvalue weighted by Gasteiger charge is -2.10. The Kier molecular flexibility index (Phi) is 6.01. The highest BCUT2D eigenvalue weighted by Gasteiger charge is 2.30. The number of primary amides is 1. The summed E-state index contributed by atoms with van der Waals surface area (Å²) in [6, 6.07) is 12.2. The Hall–Kier alpha value is -3.88. The number of nitrogens with two attached hydrogens (primary N) is 1. The Labute approximate surface area is 169 Å². The van der Waals surface area contributed by atoms with Gasteiger partial charge in [-0.1, -0.05) is 12.1 Å². The minimum atomic E-state index is -4.46. The van der Waals surface area contributed by atoms with Crippen LogP contribution in [0.4, 0.5) is 18.9 Å². The van der Waals surface area contributed by atoms with E-state index in [1.165, 1.54) is 18.5 Å². The van der Waals surface area contributed by atoms with Crippen LogP contribution >= 0.6 is 0 Å². The molecule has 154 valence electrons. The first kappa shape index (κ1) is 20.8. The number of hydrogen-bond acceptors (Lipinski definition) is 4. The number of pyridine rings is 1. The molecule has 0 bridgehead atoms. The van der Waals surface area contributed by atoms with Crippen molar-refractivity contribution in [3.05, 3.63) is 89.2 Å². The highest BCUT2D eigenvalue weighted by Crippen LogP contribution is 2.29. The van der Waals surface area contributed by atoms with E-state index in [-0.39, 0.29) is 17.7 Å². The Bertz CT molecular complexity index is 1070. The van der Waals surface area contributed by atoms with E-state index in [9.17, 15) is 22.8 Å². The fraction of sp³-hybridized carbons (Fsp3) is 0.0952. The Balaban J connectivity index is 1.64. The monoisotopic (exact) mass is 415 g/mol. The van der Waals surface area contributed by atoms with Crippen LogP contribution in [-0.2, 0) is 12.8 Å². The van der Waals surface area contributed by atoms with Gasteiger partial charge in [0.05, 0.1) is 17.3 Å². The Morgan fingerprint density at radius 2 is 1.73 bits per heavy atom. The van der Waals surface area contributed by atoms with Gasteiger partial charge < -0.3 is 15.8 Å². The van der Waals surface area contributed by atoms with E-state index >= 15 is 0 Å². The SMILES string of the molecule is NC(=O)c1cncc(OCc2cccc(NC(=O)c3ccc(C(F)(F)F)cc3)c2)c1. The molecule has 2 aromatic carbocycles. The van der Waals surface area contributed by atoms with Crippen LogP contribution in [0.1, 0.15) is 31.8 Å². The molecule has 3 N–H and O–H groups in total. The number of nitrogens with one attached hydrogen (secondary N) is 1. The van der Waals surface area contributed by atoms with Crippen molar-refractivity contribution < 1.29 is 27.5 Å². The Morgan fingerprint density at radius 1 is 1.00 bits per heavy atom. The fourth-order valence-corrected chi connectivity index (χ4v) is 2.55. The molecule has 0 saturated carbocycles. The van der Waals surface area contributed by atoms with E-state index in [4.69, 9.17) is 10.5 Å². The van der Waals surface area contributed by atoms with Crippen molar-refractivity contribution in [1.82, 2.24) is 4.98 Å². The number of carbonyl (C=O) groups excluding carboxylic acids is 2. The van der Waals surface area contributed by atoms with E-state index in [2.05, 4.69) is 10.3 Å². The number of alkyl halides is 3. The van der Waals surface area contributed by atoms with Crippen molar-refractivity contribution >= 4 is 17.5 Å². The molecule has 2 amide bonds. The van der Waals surface area contributed by atoms with Crippen molar-refractivity contribution in [2.75, 3.05) is 5.32 Å². The molecule has 0 spiro atoms. The summed E-state index contributed by atoms with van der Waals surface area (Å²) in [7, 11) is 0. The standard InChI is InChI=1S/C21H16F3N3O3/c22-21(23,24)16-6-4-14(5-7-16)20(29)27-17-3-1-2-13(8-17)12-30-18-9-15(19(25)28)10-26-11-18/h1-11H,12H2,(H2,25,28)(H,27,29). The molecule has 0 unspecified atom stereocenters. The predicted molar refractivity (Wildman–Crippen MR) is 103 cm³/mol. The lowest BCUT2D eigenvalue weighted by atomic mass is 10.1. The second-order valence-corrected chi connectivity index (χ2v) is 6.29. The summed E-state index contributed by atoms with van der Waals surface area (Å²) in [5.74, 6) is -0.813. The molecule has 1 aromatic heterocycles. The van der Waals surface area contributed by atoms with Crippen LogP contribution in [-0.4, -0.2) is 16.8 Å². The average molecular weight is 415 g/mol. The number of amides is 2. The number of aromatic nitrogens is 1. The molecule has 0 aliphatic carbocycles. The molecule has 0 radical (unpaired) electrons. The van der Waals surface area contributed by atoms with Gasteiger partial charge in [-0.25, -0.2) is 0 Å². The summed E-state index contributed by atoms with van der Waals surface area (Å²) in [5, 5.41) is 2.63. The number of rotatable bonds is 6. The van der Waals surface area contributed by atoms with Crippen LogP contribution in [0.25, 0.3) is 0 Å². The molecular formula is C21H16F3N3O3. The van der Waals surface area contributed by atoms with Gasteiger partial charge in [-0.3, -0.25) is 14.6 Å². The van der Waals surface area contributed by atoms with Crippen molar-refractivity contribution in [3.63, 3.8) is 0 Å². The number of halogens is 3. The number of carbonyl (C=O) groups is 2. The lowest BCUT2D eigenvalue weighted by Crippen LogP contribution is -2.13. The lowest BCUT2D eigenvalue weighted by molar-refractivity contribution is -0.137. The van der Waals surface area contributed by atoms with Crippen LogP contribution in [0.2, 0.25) is 0 Å². The maximum atomic E-state index is 12.6. The molecule has 1 heterocycles. The zero-order valence-electron chi connectivity index (χ0n) is 15.4. The molecule has 0 aliphatic rings. The topological polar surface area (TPSA) is 94.3 Å². The largest absolute Gasteiger partial charge is 0.487 e. The van der Waals surface area contributed by atoms with Gasteiger partial charge in [0.25, 0.3) is 5.91 Å². The van der Waals surface area contributed by atoms with Crippen LogP contribution < -0.4 is 15.8 Å². The summed E-state index contributed by atoms with van der Waals surface area (Å²) >= 11 is 0. The van der Waals surface area contributed by atoms with Crippen molar-refractivity contribution in [3.8, 4) is 5.75 Å². The van der Waals surface area contributed by atoms with E-state index in [1.54, 1.807) is 24.3 Å². The van der Waals surface area contributed by atoms with Crippen LogP contribution in [0.3, 0.4) is 0 Å². The third-order valence-electron chi connectivity index (χ3n) is 4.06. The minimum Gasteiger partial charge on any atom is -0.487 e. The first-order valence-electron chi connectivity index (χ1n) is 8.67. The van der Waals surface area contributed by atoms with Crippen molar-refractivity contribution in [2.45, 2.75) is 12.8 Å². The summed E-state index contributed by atoms with van der Waals surface area (Å²) in [4.78, 5) is 27.4. The third-order valence-corrected chi connectivity index (χ3v) is 4.06. The maximum Gasteiger partial charge on any atom is 0.416 e. The molecule has 9 heteroatoms. The van der Waals surface area contributed by atoms with E-state index < -0.39 is 23.6 Å². The summed E-state index contributed by atoms with van der Waals surface area (Å²) in [6.45, 7) is 0.133. The van der Waals surface area contributed by atoms with E-state index in [0.29, 0.717) is 17.0 Å². The number of benzene rings is 2. The highest BCUT2D eigenvalue weighted by atomic mass is 19.4. The first-order valence-corrected chi connectivity index (χ1v) is 8.67. The van der Waals surface area contributed by atoms with E-state index in [1.807, 2.05) is 0 Å². The number of hydrogen-bond donors (Lipinski definition) is 2. The average Bonchev–Trinajstić information content (AvgIpc) is 2.72. The van der Waals surface area contributed by atoms with Crippen LogP contribution in [0, 0.1) is 0 Å². The van der Waals surface area contributed by atoms with Gasteiger partial charge in [0, 0.05) is 17.4 Å². The van der Waals surface area contributed by atoms with Crippen molar-refractivity contribution in [2.24, 2.45) is 5.73 Å². The molecule has 3 rings (SSSR count). The number of anilines is 1. The summed E-state index contributed by atoms with van der Waals surface area (Å²) < 4.78 is 43.5. The smallest absolute Gasteiger partial charge is 0.416 e. The molecule has 3 aromatic rings. The molecule has 6 nitrogen and oxygen atoms in total. The second-order valence-electron chi connectivity index (χ2n) is 6.29. The van der Waals surface area contributed by atoms with Gasteiger partial charge in [-0.05, 0) is 48.0 Å². The van der Waals surface area contributed by atoms with Gasteiger partial charge in [-0.2, -0.15) is 13.2 Å². The number of ether oxygens (including phenoxy) is 1. The quantitative estimate of drug-likeness (QED) is 0.636. The van der Waals surface area contributed by atoms with Gasteiger partial charge in [-0.15, -0.1) is 0 Å². The van der Waals surface area contributed by atoms with Crippen molar-refractivity contribution in [1.29, 1.82) is 0 Å². The van der Waals surface area contributed by atoms with Gasteiger partial charge in [0.15, 0.2) is 0 Å². The van der Waals surface area contributed by atoms with Gasteiger partial charge >= 0.3 is 6.18 Å². The summed E-state index contributed by atoms with van der Waals surface area (Å²) in [6.07, 6.45) is -1.70. The van der Waals surface area contributed by atoms with Crippen LogP contribution in [0.15, 0.2) is 67.0 Å². The van der Waals surface area contributed by atoms with Gasteiger partial charge in [0.2, 0.25) is 5.91 Å². The normalized spacial score (nSPS) is 11.0. The second kappa shape index (κ2) is 8.64. The van der Waals surface area contributed by atoms with Crippen LogP contribution in [0.5, 0.6) is 5.75 Å². The zero-order chi connectivity index (χ0) is 21.7. The first-order chi connectivity index (χ1) is 14.2. The minimum absolute atomic E-state index is 0.0963. The summed E-state index contributed by atoms with van der Waals surface area (Å²) in [5.41, 5.74) is 5.85. The molecule has 0 atom stereocenters. The Morgan fingerprint density at radius 3 is 2.40 bits per heavy atom. The molecule has 0 aliphatic heterocycles. The molecule has 30 heavy (non-hydrogen) atoms. The fourth-order valence-electron chi connectivity index (χ4n) is 2.55. The predicted octanol–water partition coefficient (Wildman–Crippen LogP) is 4.03. The molecule has 0 fully saturated rings. The highest BCUT2D eigenvalue weighted by molar-refractivity contribution is 6.04. The van der Waals surface area contributed by atoms with E-state index in [0.717, 1.165) is 24.3 Å². The third kappa shape index (κ3) is 5.34. The number of nitrogens with zero attached hydrogens (tertiary/aromatic N) is 1. The molecular weight excluding hydrogens is 399 g/mol. The maximum absolute atomic E-state index is 12.6. The van der Waals surface area contributed by atoms with Gasteiger partial charge in [0.1, 0.15) is 12.4 Å². The molecule has 0 saturated heterocycles. The zero-order valence-corrected chi connectivity index (χ0v) is 15.4.